The van der Waals surface area contributed by atoms with Crippen LogP contribution in [0.5, 0.6) is 0 Å². The highest BCUT2D eigenvalue weighted by Crippen LogP contribution is 2.33. The van der Waals surface area contributed by atoms with E-state index >= 15 is 0 Å². The standard InChI is InChI=1S/C21H18FN3/c1-14-6-11-19(16-7-9-18(22)10-8-16)15(2)20(14)25-21(23-3)17-5-4-12-24-13-17/h4-13H,3H2,1-2H3. The second-order valence-electron chi connectivity index (χ2n) is 5.75. The molecule has 3 rings (SSSR count). The summed E-state index contributed by atoms with van der Waals surface area (Å²) in [6, 6.07) is 14.2. The maximum Gasteiger partial charge on any atom is 0.160 e. The Labute approximate surface area is 146 Å². The van der Waals surface area contributed by atoms with Gasteiger partial charge in [0.2, 0.25) is 0 Å². The van der Waals surface area contributed by atoms with Crippen LogP contribution in [0.15, 0.2) is 70.9 Å². The number of aromatic nitrogens is 1. The van der Waals surface area contributed by atoms with Gasteiger partial charge in [0.15, 0.2) is 5.84 Å². The number of hydrogen-bond acceptors (Lipinski definition) is 2. The average molecular weight is 331 g/mol. The monoisotopic (exact) mass is 331 g/mol. The Balaban J connectivity index is 2.13. The lowest BCUT2D eigenvalue weighted by Crippen LogP contribution is -1.98. The van der Waals surface area contributed by atoms with Gasteiger partial charge in [-0.05, 0) is 67.1 Å². The molecule has 0 amide bonds. The summed E-state index contributed by atoms with van der Waals surface area (Å²) in [5.74, 6) is 0.275. The van der Waals surface area contributed by atoms with Gasteiger partial charge in [-0.15, -0.1) is 0 Å². The zero-order chi connectivity index (χ0) is 17.8. The van der Waals surface area contributed by atoms with Crippen LogP contribution in [-0.2, 0) is 0 Å². The zero-order valence-corrected chi connectivity index (χ0v) is 14.2. The topological polar surface area (TPSA) is 37.6 Å². The number of aliphatic imine (C=N–C) groups is 2. The molecule has 0 saturated heterocycles. The highest BCUT2D eigenvalue weighted by molar-refractivity contribution is 6.03. The molecule has 25 heavy (non-hydrogen) atoms. The molecule has 1 heterocycles. The smallest absolute Gasteiger partial charge is 0.160 e. The van der Waals surface area contributed by atoms with Crippen LogP contribution in [0.3, 0.4) is 0 Å². The van der Waals surface area contributed by atoms with E-state index in [0.29, 0.717) is 5.84 Å². The van der Waals surface area contributed by atoms with Crippen LogP contribution < -0.4 is 0 Å². The fraction of sp³-hybridized carbons (Fsp3) is 0.0952. The van der Waals surface area contributed by atoms with E-state index in [2.05, 4.69) is 16.7 Å². The molecule has 0 spiro atoms. The average Bonchev–Trinajstić information content (AvgIpc) is 2.64. The number of amidine groups is 1. The number of rotatable bonds is 3. The predicted octanol–water partition coefficient (Wildman–Crippen LogP) is 5.28. The number of halogens is 1. The first-order valence-corrected chi connectivity index (χ1v) is 7.92. The lowest BCUT2D eigenvalue weighted by molar-refractivity contribution is 0.628. The molecule has 124 valence electrons. The SMILES string of the molecule is C=NC(=Nc1c(C)ccc(-c2ccc(F)cc2)c1C)c1cccnc1. The van der Waals surface area contributed by atoms with Crippen LogP contribution in [0, 0.1) is 19.7 Å². The molecule has 0 atom stereocenters. The van der Waals surface area contributed by atoms with Gasteiger partial charge in [0.25, 0.3) is 0 Å². The van der Waals surface area contributed by atoms with Crippen LogP contribution in [0.1, 0.15) is 16.7 Å². The van der Waals surface area contributed by atoms with Crippen LogP contribution in [-0.4, -0.2) is 17.5 Å². The van der Waals surface area contributed by atoms with Gasteiger partial charge < -0.3 is 0 Å². The molecule has 4 heteroatoms. The fourth-order valence-corrected chi connectivity index (χ4v) is 2.74. The highest BCUT2D eigenvalue weighted by atomic mass is 19.1. The van der Waals surface area contributed by atoms with Crippen molar-refractivity contribution in [3.63, 3.8) is 0 Å². The summed E-state index contributed by atoms with van der Waals surface area (Å²) in [5, 5.41) is 0. The number of nitrogens with zero attached hydrogens (tertiary/aromatic N) is 3. The first-order valence-electron chi connectivity index (χ1n) is 7.92. The summed E-state index contributed by atoms with van der Waals surface area (Å²) >= 11 is 0. The first-order chi connectivity index (χ1) is 12.1. The van der Waals surface area contributed by atoms with Crippen molar-refractivity contribution in [1.82, 2.24) is 4.98 Å². The molecule has 0 aliphatic heterocycles. The summed E-state index contributed by atoms with van der Waals surface area (Å²) in [7, 11) is 0. The number of hydrogen-bond donors (Lipinski definition) is 0. The number of pyridine rings is 1. The molecule has 2 aromatic carbocycles. The van der Waals surface area contributed by atoms with Crippen molar-refractivity contribution in [2.45, 2.75) is 13.8 Å². The van der Waals surface area contributed by atoms with Crippen molar-refractivity contribution in [3.05, 3.63) is 83.4 Å². The molecular formula is C21H18FN3. The van der Waals surface area contributed by atoms with Crippen molar-refractivity contribution < 1.29 is 4.39 Å². The van der Waals surface area contributed by atoms with Gasteiger partial charge in [-0.2, -0.15) is 0 Å². The predicted molar refractivity (Wildman–Crippen MR) is 101 cm³/mol. The van der Waals surface area contributed by atoms with Gasteiger partial charge in [0.1, 0.15) is 5.82 Å². The Bertz CT molecular complexity index is 929. The Morgan fingerprint density at radius 1 is 1.04 bits per heavy atom. The number of benzene rings is 2. The van der Waals surface area contributed by atoms with Crippen LogP contribution in [0.25, 0.3) is 11.1 Å². The molecule has 3 nitrogen and oxygen atoms in total. The van der Waals surface area contributed by atoms with Gasteiger partial charge >= 0.3 is 0 Å². The van der Waals surface area contributed by atoms with E-state index in [1.165, 1.54) is 12.1 Å². The van der Waals surface area contributed by atoms with E-state index in [4.69, 9.17) is 4.99 Å². The Morgan fingerprint density at radius 3 is 2.44 bits per heavy atom. The van der Waals surface area contributed by atoms with Crippen molar-refractivity contribution in [3.8, 4) is 11.1 Å². The van der Waals surface area contributed by atoms with Crippen LogP contribution in [0.2, 0.25) is 0 Å². The van der Waals surface area contributed by atoms with Crippen LogP contribution >= 0.6 is 0 Å². The third-order valence-corrected chi connectivity index (χ3v) is 4.08. The zero-order valence-electron chi connectivity index (χ0n) is 14.2. The quantitative estimate of drug-likeness (QED) is 0.475. The normalized spacial score (nSPS) is 11.4. The molecule has 0 aliphatic rings. The minimum atomic E-state index is -0.249. The van der Waals surface area contributed by atoms with Gasteiger partial charge in [0.05, 0.1) is 5.69 Å². The van der Waals surface area contributed by atoms with Crippen molar-refractivity contribution in [2.75, 3.05) is 0 Å². The van der Waals surface area contributed by atoms with Gasteiger partial charge in [-0.1, -0.05) is 24.3 Å². The molecule has 0 fully saturated rings. The van der Waals surface area contributed by atoms with Crippen LogP contribution in [0.4, 0.5) is 10.1 Å². The summed E-state index contributed by atoms with van der Waals surface area (Å²) < 4.78 is 13.2. The molecule has 0 radical (unpaired) electrons. The highest BCUT2D eigenvalue weighted by Gasteiger charge is 2.11. The molecule has 0 saturated carbocycles. The third kappa shape index (κ3) is 3.53. The molecule has 3 aromatic rings. The van der Waals surface area contributed by atoms with E-state index in [9.17, 15) is 4.39 Å². The van der Waals surface area contributed by atoms with E-state index in [1.54, 1.807) is 24.5 Å². The van der Waals surface area contributed by atoms with E-state index in [1.807, 2.05) is 38.1 Å². The maximum atomic E-state index is 13.2. The Hall–Kier alpha value is -3.14. The van der Waals surface area contributed by atoms with E-state index in [0.717, 1.165) is 33.5 Å². The fourth-order valence-electron chi connectivity index (χ4n) is 2.74. The second-order valence-corrected chi connectivity index (χ2v) is 5.75. The molecule has 0 unspecified atom stereocenters. The summed E-state index contributed by atoms with van der Waals surface area (Å²) in [6.07, 6.45) is 3.41. The Morgan fingerprint density at radius 2 is 1.80 bits per heavy atom. The lowest BCUT2D eigenvalue weighted by Gasteiger charge is -2.12. The summed E-state index contributed by atoms with van der Waals surface area (Å²) in [5.41, 5.74) is 5.66. The lowest BCUT2D eigenvalue weighted by atomic mass is 9.96. The van der Waals surface area contributed by atoms with Gasteiger partial charge in [-0.3, -0.25) is 4.98 Å². The third-order valence-electron chi connectivity index (χ3n) is 4.08. The molecule has 0 bridgehead atoms. The Kier molecular flexibility index (Phi) is 4.80. The largest absolute Gasteiger partial charge is 0.264 e. The van der Waals surface area contributed by atoms with Gasteiger partial charge in [0, 0.05) is 18.0 Å². The van der Waals surface area contributed by atoms with Gasteiger partial charge in [-0.25, -0.2) is 14.4 Å². The summed E-state index contributed by atoms with van der Waals surface area (Å²) in [4.78, 5) is 12.9. The van der Waals surface area contributed by atoms with E-state index in [-0.39, 0.29) is 5.82 Å². The minimum absolute atomic E-state index is 0.249. The minimum Gasteiger partial charge on any atom is -0.264 e. The molecule has 1 aromatic heterocycles. The van der Waals surface area contributed by atoms with E-state index < -0.39 is 0 Å². The maximum absolute atomic E-state index is 13.2. The molecular weight excluding hydrogens is 313 g/mol. The van der Waals surface area contributed by atoms with Crippen molar-refractivity contribution in [2.24, 2.45) is 9.98 Å². The number of aryl methyl sites for hydroxylation is 1. The second kappa shape index (κ2) is 7.18. The molecule has 0 N–H and O–H groups in total. The first kappa shape index (κ1) is 16.7. The van der Waals surface area contributed by atoms with Crippen molar-refractivity contribution >= 4 is 18.2 Å². The van der Waals surface area contributed by atoms with Crippen molar-refractivity contribution in [1.29, 1.82) is 0 Å². The molecule has 0 aliphatic carbocycles. The summed E-state index contributed by atoms with van der Waals surface area (Å²) in [6.45, 7) is 7.65.